The maximum atomic E-state index is 8.99. The Morgan fingerprint density at radius 3 is 2.71 bits per heavy atom. The van der Waals surface area contributed by atoms with E-state index in [1.807, 2.05) is 6.07 Å². The molecule has 1 aromatic heterocycles. The third-order valence-electron chi connectivity index (χ3n) is 2.29. The minimum atomic E-state index is -0.0934. The molecule has 17 heavy (non-hydrogen) atoms. The number of rotatable bonds is 3. The Bertz CT molecular complexity index is 532. The van der Waals surface area contributed by atoms with Gasteiger partial charge in [-0.3, -0.25) is 0 Å². The molecule has 3 nitrogen and oxygen atoms in total. The Balaban J connectivity index is 2.25. The maximum Gasteiger partial charge on any atom is 0.133 e. The first-order chi connectivity index (χ1) is 8.19. The number of hydrogen-bond acceptors (Lipinski definition) is 3. The number of hydrogen-bond donors (Lipinski definition) is 1. The van der Waals surface area contributed by atoms with Gasteiger partial charge in [0.15, 0.2) is 0 Å². The molecule has 88 valence electrons. The van der Waals surface area contributed by atoms with E-state index in [1.165, 1.54) is 0 Å². The molecule has 0 aliphatic rings. The molecule has 0 atom stereocenters. The summed E-state index contributed by atoms with van der Waals surface area (Å²) in [6.07, 6.45) is 2.14. The largest absolute Gasteiger partial charge is 0.390 e. The van der Waals surface area contributed by atoms with Crippen LogP contribution in [-0.4, -0.2) is 15.1 Å². The maximum absolute atomic E-state index is 8.99. The van der Waals surface area contributed by atoms with Crippen molar-refractivity contribution >= 4 is 23.2 Å². The van der Waals surface area contributed by atoms with Crippen LogP contribution in [0.4, 0.5) is 0 Å². The van der Waals surface area contributed by atoms with Crippen LogP contribution in [0.3, 0.4) is 0 Å². The summed E-state index contributed by atoms with van der Waals surface area (Å²) in [6.45, 7) is -0.0934. The first-order valence-corrected chi connectivity index (χ1v) is 5.80. The molecule has 2 rings (SSSR count). The van der Waals surface area contributed by atoms with Crippen LogP contribution in [0.1, 0.15) is 17.1 Å². The Hall–Kier alpha value is -1.16. The van der Waals surface area contributed by atoms with Crippen molar-refractivity contribution in [2.75, 3.05) is 0 Å². The van der Waals surface area contributed by atoms with Crippen molar-refractivity contribution in [1.29, 1.82) is 0 Å². The van der Waals surface area contributed by atoms with Crippen LogP contribution in [0.15, 0.2) is 30.5 Å². The predicted octanol–water partition coefficient (Wildman–Crippen LogP) is 2.87. The summed E-state index contributed by atoms with van der Waals surface area (Å²) >= 11 is 11.9. The summed E-state index contributed by atoms with van der Waals surface area (Å²) in [4.78, 5) is 8.33. The van der Waals surface area contributed by atoms with E-state index in [9.17, 15) is 0 Å². The number of aliphatic hydroxyl groups excluding tert-OH is 1. The molecule has 0 bridgehead atoms. The van der Waals surface area contributed by atoms with Crippen molar-refractivity contribution in [3.63, 3.8) is 0 Å². The Labute approximate surface area is 109 Å². The molecule has 1 N–H and O–H groups in total. The van der Waals surface area contributed by atoms with Crippen LogP contribution in [-0.2, 0) is 13.0 Å². The molecule has 0 saturated heterocycles. The molecule has 0 spiro atoms. The quantitative estimate of drug-likeness (QED) is 0.931. The van der Waals surface area contributed by atoms with Crippen molar-refractivity contribution < 1.29 is 5.11 Å². The number of nitrogens with zero attached hydrogens (tertiary/aromatic N) is 2. The monoisotopic (exact) mass is 268 g/mol. The van der Waals surface area contributed by atoms with E-state index in [2.05, 4.69) is 9.97 Å². The highest BCUT2D eigenvalue weighted by molar-refractivity contribution is 6.35. The van der Waals surface area contributed by atoms with Crippen molar-refractivity contribution in [2.45, 2.75) is 13.0 Å². The van der Waals surface area contributed by atoms with Crippen LogP contribution < -0.4 is 0 Å². The summed E-state index contributed by atoms with van der Waals surface area (Å²) in [5.41, 5.74) is 1.51. The topological polar surface area (TPSA) is 46.0 Å². The fourth-order valence-electron chi connectivity index (χ4n) is 1.45. The van der Waals surface area contributed by atoms with Crippen molar-refractivity contribution in [2.24, 2.45) is 0 Å². The number of aromatic nitrogens is 2. The summed E-state index contributed by atoms with van der Waals surface area (Å²) in [6, 6.07) is 6.99. The molecular formula is C12H10Cl2N2O. The van der Waals surface area contributed by atoms with Gasteiger partial charge in [-0.25, -0.2) is 9.97 Å². The predicted molar refractivity (Wildman–Crippen MR) is 67.2 cm³/mol. The van der Waals surface area contributed by atoms with Crippen LogP contribution in [0.25, 0.3) is 0 Å². The van der Waals surface area contributed by atoms with E-state index in [1.54, 1.807) is 24.4 Å². The van der Waals surface area contributed by atoms with Gasteiger partial charge in [0, 0.05) is 22.7 Å². The third-order valence-corrected chi connectivity index (χ3v) is 2.88. The molecule has 0 unspecified atom stereocenters. The van der Waals surface area contributed by atoms with Gasteiger partial charge in [-0.05, 0) is 23.8 Å². The molecule has 1 heterocycles. The summed E-state index contributed by atoms with van der Waals surface area (Å²) < 4.78 is 0. The molecule has 0 aliphatic carbocycles. The Morgan fingerprint density at radius 1 is 1.18 bits per heavy atom. The van der Waals surface area contributed by atoms with E-state index in [-0.39, 0.29) is 6.61 Å². The standard InChI is InChI=1S/C12H10Cl2N2O/c13-9-2-1-8(11(14)6-9)5-12-15-4-3-10(7-17)16-12/h1-4,6,17H,5,7H2. The second-order valence-electron chi connectivity index (χ2n) is 3.53. The lowest BCUT2D eigenvalue weighted by molar-refractivity contribution is 0.276. The lowest BCUT2D eigenvalue weighted by Gasteiger charge is -2.04. The molecule has 0 saturated carbocycles. The van der Waals surface area contributed by atoms with Crippen LogP contribution in [0.2, 0.25) is 10.0 Å². The molecule has 0 aliphatic heterocycles. The molecule has 0 amide bonds. The van der Waals surface area contributed by atoms with Crippen LogP contribution in [0, 0.1) is 0 Å². The normalized spacial score (nSPS) is 10.5. The smallest absolute Gasteiger partial charge is 0.133 e. The van der Waals surface area contributed by atoms with Crippen LogP contribution >= 0.6 is 23.2 Å². The minimum Gasteiger partial charge on any atom is -0.390 e. The average Bonchev–Trinajstić information content (AvgIpc) is 2.33. The van der Waals surface area contributed by atoms with E-state index in [4.69, 9.17) is 28.3 Å². The van der Waals surface area contributed by atoms with Gasteiger partial charge < -0.3 is 5.11 Å². The Morgan fingerprint density at radius 2 is 2.00 bits per heavy atom. The van der Waals surface area contributed by atoms with Crippen molar-refractivity contribution in [1.82, 2.24) is 9.97 Å². The molecule has 5 heteroatoms. The lowest BCUT2D eigenvalue weighted by atomic mass is 10.1. The fourth-order valence-corrected chi connectivity index (χ4v) is 1.93. The van der Waals surface area contributed by atoms with E-state index in [0.29, 0.717) is 28.0 Å². The van der Waals surface area contributed by atoms with Gasteiger partial charge in [0.2, 0.25) is 0 Å². The van der Waals surface area contributed by atoms with Gasteiger partial charge in [-0.2, -0.15) is 0 Å². The molecular weight excluding hydrogens is 259 g/mol. The lowest BCUT2D eigenvalue weighted by Crippen LogP contribution is -2.00. The number of benzene rings is 1. The number of halogens is 2. The van der Waals surface area contributed by atoms with E-state index in [0.717, 1.165) is 5.56 Å². The van der Waals surface area contributed by atoms with Crippen molar-refractivity contribution in [3.8, 4) is 0 Å². The van der Waals surface area contributed by atoms with Gasteiger partial charge in [-0.15, -0.1) is 0 Å². The molecule has 2 aromatic rings. The SMILES string of the molecule is OCc1ccnc(Cc2ccc(Cl)cc2Cl)n1. The van der Waals surface area contributed by atoms with E-state index < -0.39 is 0 Å². The first kappa shape index (κ1) is 12.3. The highest BCUT2D eigenvalue weighted by atomic mass is 35.5. The molecule has 1 aromatic carbocycles. The second-order valence-corrected chi connectivity index (χ2v) is 4.38. The zero-order valence-electron chi connectivity index (χ0n) is 8.90. The summed E-state index contributed by atoms with van der Waals surface area (Å²) in [7, 11) is 0. The van der Waals surface area contributed by atoms with Crippen molar-refractivity contribution in [3.05, 3.63) is 57.6 Å². The molecule has 0 fully saturated rings. The highest BCUT2D eigenvalue weighted by Gasteiger charge is 2.05. The zero-order valence-corrected chi connectivity index (χ0v) is 10.4. The van der Waals surface area contributed by atoms with Gasteiger partial charge in [0.05, 0.1) is 12.3 Å². The minimum absolute atomic E-state index is 0.0934. The third kappa shape index (κ3) is 3.16. The first-order valence-electron chi connectivity index (χ1n) is 5.04. The average molecular weight is 269 g/mol. The van der Waals surface area contributed by atoms with E-state index >= 15 is 0 Å². The van der Waals surface area contributed by atoms with Gasteiger partial charge in [0.25, 0.3) is 0 Å². The van der Waals surface area contributed by atoms with Gasteiger partial charge >= 0.3 is 0 Å². The summed E-state index contributed by atoms with van der Waals surface area (Å²) in [5, 5.41) is 10.2. The number of aliphatic hydroxyl groups is 1. The fraction of sp³-hybridized carbons (Fsp3) is 0.167. The van der Waals surface area contributed by atoms with Gasteiger partial charge in [-0.1, -0.05) is 29.3 Å². The highest BCUT2D eigenvalue weighted by Crippen LogP contribution is 2.22. The zero-order chi connectivity index (χ0) is 12.3. The Kier molecular flexibility index (Phi) is 3.94. The van der Waals surface area contributed by atoms with Gasteiger partial charge in [0.1, 0.15) is 5.82 Å². The summed E-state index contributed by atoms with van der Waals surface area (Å²) in [5.74, 6) is 0.626. The molecule has 0 radical (unpaired) electrons. The van der Waals surface area contributed by atoms with Crippen LogP contribution in [0.5, 0.6) is 0 Å². The second kappa shape index (κ2) is 5.45.